The zero-order chi connectivity index (χ0) is 17.3. The molecular formula is C21H24N4O. The Kier molecular flexibility index (Phi) is 4.09. The third-order valence-corrected chi connectivity index (χ3v) is 5.76. The summed E-state index contributed by atoms with van der Waals surface area (Å²) in [5.74, 6) is 2.72. The van der Waals surface area contributed by atoms with E-state index in [1.54, 1.807) is 0 Å². The zero-order valence-electron chi connectivity index (χ0n) is 15.0. The first-order valence-electron chi connectivity index (χ1n) is 9.63. The molecule has 0 spiro atoms. The van der Waals surface area contributed by atoms with Crippen LogP contribution in [0.25, 0.3) is 5.65 Å². The van der Waals surface area contributed by atoms with Crippen LogP contribution in [-0.2, 0) is 12.8 Å². The van der Waals surface area contributed by atoms with Gasteiger partial charge in [-0.05, 0) is 61.7 Å². The number of fused-ring (bicyclic) bond motifs is 2. The number of hydrogen-bond acceptors (Lipinski definition) is 4. The predicted octanol–water partition coefficient (Wildman–Crippen LogP) is 3.09. The molecule has 5 rings (SSSR count). The van der Waals surface area contributed by atoms with Gasteiger partial charge in [-0.15, -0.1) is 10.2 Å². The Morgan fingerprint density at radius 1 is 1.08 bits per heavy atom. The monoisotopic (exact) mass is 348 g/mol. The van der Waals surface area contributed by atoms with E-state index in [9.17, 15) is 0 Å². The van der Waals surface area contributed by atoms with Crippen molar-refractivity contribution in [2.24, 2.45) is 0 Å². The van der Waals surface area contributed by atoms with Gasteiger partial charge in [0.05, 0.1) is 6.61 Å². The molecule has 2 aliphatic rings. The van der Waals surface area contributed by atoms with Gasteiger partial charge >= 0.3 is 0 Å². The highest BCUT2D eigenvalue weighted by atomic mass is 16.5. The van der Waals surface area contributed by atoms with E-state index in [1.165, 1.54) is 11.1 Å². The smallest absolute Gasteiger partial charge is 0.160 e. The number of likely N-dealkylation sites (tertiary alicyclic amines) is 1. The van der Waals surface area contributed by atoms with Gasteiger partial charge in [0.1, 0.15) is 11.6 Å². The van der Waals surface area contributed by atoms with E-state index < -0.39 is 0 Å². The van der Waals surface area contributed by atoms with Crippen LogP contribution in [0.15, 0.2) is 42.6 Å². The van der Waals surface area contributed by atoms with Crippen molar-refractivity contribution in [3.63, 3.8) is 0 Å². The average molecular weight is 348 g/mol. The van der Waals surface area contributed by atoms with Gasteiger partial charge < -0.3 is 9.64 Å². The predicted molar refractivity (Wildman–Crippen MR) is 101 cm³/mol. The maximum Gasteiger partial charge on any atom is 0.160 e. The largest absolute Gasteiger partial charge is 0.493 e. The number of aromatic nitrogens is 3. The molecule has 0 saturated carbocycles. The standard InChI is InChI=1S/C21H24N4O/c1-2-10-25-20(3-1)22-23-21(25)17-7-12-24(13-8-17)11-6-16-4-5-19-18(15-16)9-14-26-19/h1-5,10,15,17H,6-9,11-14H2. The molecule has 26 heavy (non-hydrogen) atoms. The molecule has 0 radical (unpaired) electrons. The van der Waals surface area contributed by atoms with Crippen LogP contribution in [0.3, 0.4) is 0 Å². The Hall–Kier alpha value is -2.40. The molecule has 0 atom stereocenters. The summed E-state index contributed by atoms with van der Waals surface area (Å²) in [6, 6.07) is 12.8. The minimum absolute atomic E-state index is 0.515. The molecule has 134 valence electrons. The quantitative estimate of drug-likeness (QED) is 0.727. The molecule has 0 aliphatic carbocycles. The van der Waals surface area contributed by atoms with Crippen LogP contribution in [0.1, 0.15) is 35.7 Å². The summed E-state index contributed by atoms with van der Waals surface area (Å²) in [7, 11) is 0. The summed E-state index contributed by atoms with van der Waals surface area (Å²) in [5.41, 5.74) is 3.75. The summed E-state index contributed by atoms with van der Waals surface area (Å²) in [6.07, 6.45) is 6.57. The van der Waals surface area contributed by atoms with Gasteiger partial charge in [0.25, 0.3) is 0 Å². The zero-order valence-corrected chi connectivity index (χ0v) is 15.0. The van der Waals surface area contributed by atoms with Crippen molar-refractivity contribution in [3.8, 4) is 5.75 Å². The van der Waals surface area contributed by atoms with Gasteiger partial charge in [-0.25, -0.2) is 0 Å². The highest BCUT2D eigenvalue weighted by Crippen LogP contribution is 2.28. The lowest BCUT2D eigenvalue weighted by Crippen LogP contribution is -2.34. The van der Waals surface area contributed by atoms with Crippen molar-refractivity contribution in [2.75, 3.05) is 26.2 Å². The third kappa shape index (κ3) is 2.97. The summed E-state index contributed by atoms with van der Waals surface area (Å²) in [6.45, 7) is 4.25. The number of benzene rings is 1. The van der Waals surface area contributed by atoms with Crippen LogP contribution >= 0.6 is 0 Å². The normalized spacial score (nSPS) is 18.2. The number of ether oxygens (including phenoxy) is 1. The Balaban J connectivity index is 1.18. The molecule has 1 saturated heterocycles. The molecule has 5 heteroatoms. The van der Waals surface area contributed by atoms with E-state index in [1.807, 2.05) is 12.1 Å². The Labute approximate surface area is 153 Å². The van der Waals surface area contributed by atoms with Crippen LogP contribution in [0.5, 0.6) is 5.75 Å². The molecule has 1 aromatic carbocycles. The first-order chi connectivity index (χ1) is 12.9. The Bertz CT molecular complexity index is 911. The third-order valence-electron chi connectivity index (χ3n) is 5.76. The minimum Gasteiger partial charge on any atom is -0.493 e. The van der Waals surface area contributed by atoms with E-state index in [-0.39, 0.29) is 0 Å². The van der Waals surface area contributed by atoms with Crippen LogP contribution in [0.2, 0.25) is 0 Å². The van der Waals surface area contributed by atoms with Gasteiger partial charge in [0.15, 0.2) is 5.65 Å². The van der Waals surface area contributed by atoms with Crippen molar-refractivity contribution < 1.29 is 4.74 Å². The lowest BCUT2D eigenvalue weighted by atomic mass is 9.95. The van der Waals surface area contributed by atoms with Crippen LogP contribution < -0.4 is 4.74 Å². The Morgan fingerprint density at radius 3 is 2.92 bits per heavy atom. The van der Waals surface area contributed by atoms with Crippen LogP contribution in [0.4, 0.5) is 0 Å². The number of nitrogens with zero attached hydrogens (tertiary/aromatic N) is 4. The number of pyridine rings is 1. The lowest BCUT2D eigenvalue weighted by molar-refractivity contribution is 0.211. The van der Waals surface area contributed by atoms with Gasteiger partial charge in [-0.2, -0.15) is 0 Å². The first kappa shape index (κ1) is 15.8. The van der Waals surface area contributed by atoms with Gasteiger partial charge in [0.2, 0.25) is 0 Å². The molecular weight excluding hydrogens is 324 g/mol. The Morgan fingerprint density at radius 2 is 2.00 bits per heavy atom. The van der Waals surface area contributed by atoms with Crippen molar-refractivity contribution in [1.29, 1.82) is 0 Å². The second kappa shape index (κ2) is 6.72. The summed E-state index contributed by atoms with van der Waals surface area (Å²) in [4.78, 5) is 2.59. The van der Waals surface area contributed by atoms with Gasteiger partial charge in [-0.3, -0.25) is 4.40 Å². The molecule has 3 aromatic rings. The second-order valence-electron chi connectivity index (χ2n) is 7.39. The number of piperidine rings is 1. The van der Waals surface area contributed by atoms with E-state index in [4.69, 9.17) is 4.74 Å². The van der Waals surface area contributed by atoms with Crippen molar-refractivity contribution in [3.05, 3.63) is 59.5 Å². The maximum atomic E-state index is 5.60. The maximum absolute atomic E-state index is 5.60. The fraction of sp³-hybridized carbons (Fsp3) is 0.429. The van der Waals surface area contributed by atoms with E-state index in [2.05, 4.69) is 50.0 Å². The SMILES string of the molecule is c1ccn2c(C3CCN(CCc4ccc5c(c4)CCO5)CC3)nnc2c1. The van der Waals surface area contributed by atoms with Crippen molar-refractivity contribution in [2.45, 2.75) is 31.6 Å². The number of hydrogen-bond donors (Lipinski definition) is 0. The summed E-state index contributed by atoms with van der Waals surface area (Å²) in [5, 5.41) is 8.76. The molecule has 2 aliphatic heterocycles. The molecule has 0 bridgehead atoms. The van der Waals surface area contributed by atoms with Gasteiger partial charge in [0, 0.05) is 25.1 Å². The second-order valence-corrected chi connectivity index (χ2v) is 7.39. The van der Waals surface area contributed by atoms with Crippen LogP contribution in [0, 0.1) is 0 Å². The molecule has 0 N–H and O–H groups in total. The molecule has 5 nitrogen and oxygen atoms in total. The first-order valence-corrected chi connectivity index (χ1v) is 9.63. The van der Waals surface area contributed by atoms with E-state index in [0.29, 0.717) is 5.92 Å². The van der Waals surface area contributed by atoms with Crippen molar-refractivity contribution >= 4 is 5.65 Å². The van der Waals surface area contributed by atoms with Gasteiger partial charge in [-0.1, -0.05) is 18.2 Å². The lowest BCUT2D eigenvalue weighted by Gasteiger charge is -2.31. The summed E-state index contributed by atoms with van der Waals surface area (Å²) >= 11 is 0. The fourth-order valence-electron chi connectivity index (χ4n) is 4.24. The summed E-state index contributed by atoms with van der Waals surface area (Å²) < 4.78 is 7.75. The van der Waals surface area contributed by atoms with Crippen molar-refractivity contribution in [1.82, 2.24) is 19.5 Å². The fourth-order valence-corrected chi connectivity index (χ4v) is 4.24. The minimum atomic E-state index is 0.515. The van der Waals surface area contributed by atoms with Crippen LogP contribution in [-0.4, -0.2) is 45.7 Å². The molecule has 2 aromatic heterocycles. The highest BCUT2D eigenvalue weighted by Gasteiger charge is 2.24. The topological polar surface area (TPSA) is 42.7 Å². The molecule has 0 unspecified atom stereocenters. The number of rotatable bonds is 4. The van der Waals surface area contributed by atoms with E-state index in [0.717, 1.165) is 69.1 Å². The van der Waals surface area contributed by atoms with E-state index >= 15 is 0 Å². The highest BCUT2D eigenvalue weighted by molar-refractivity contribution is 5.40. The molecule has 0 amide bonds. The molecule has 4 heterocycles. The average Bonchev–Trinajstić information content (AvgIpc) is 3.33. The molecule has 1 fully saturated rings.